The van der Waals surface area contributed by atoms with Gasteiger partial charge in [-0.3, -0.25) is 10.1 Å². The molecular formula is C20H19N3O7. The topological polar surface area (TPSA) is 140 Å². The molecule has 0 bridgehead atoms. The zero-order valence-corrected chi connectivity index (χ0v) is 16.2. The van der Waals surface area contributed by atoms with Gasteiger partial charge in [-0.2, -0.15) is 0 Å². The first-order valence-corrected chi connectivity index (χ1v) is 8.96. The maximum atomic E-state index is 12.8. The SMILES string of the molecule is CCOC(=O)C1=C(c2ccccc2)NC(=O)NC1c1cc(O)c(OC)cc1[N+](=O)[O-]. The Morgan fingerprint density at radius 3 is 2.57 bits per heavy atom. The molecule has 1 atom stereocenters. The highest BCUT2D eigenvalue weighted by Crippen LogP contribution is 2.41. The third kappa shape index (κ3) is 3.88. The molecule has 1 aliphatic rings. The maximum Gasteiger partial charge on any atom is 0.338 e. The number of aromatic hydroxyl groups is 1. The standard InChI is InChI=1S/C20H19N3O7/c1-3-30-19(25)16-17(11-7-5-4-6-8-11)21-20(26)22-18(16)12-9-14(24)15(29-2)10-13(12)23(27)28/h4-10,18,24H,3H2,1-2H3,(H2,21,22,26). The van der Waals surface area contributed by atoms with Crippen LogP contribution in [0.15, 0.2) is 48.0 Å². The number of nitro groups is 1. The predicted octanol–water partition coefficient (Wildman–Crippen LogP) is 2.64. The molecule has 2 amide bonds. The fourth-order valence-corrected chi connectivity index (χ4v) is 3.19. The van der Waals surface area contributed by atoms with Gasteiger partial charge in [0.15, 0.2) is 11.5 Å². The molecule has 30 heavy (non-hydrogen) atoms. The van der Waals surface area contributed by atoms with Gasteiger partial charge >= 0.3 is 12.0 Å². The summed E-state index contributed by atoms with van der Waals surface area (Å²) in [4.78, 5) is 36.2. The molecule has 0 saturated heterocycles. The number of carbonyl (C=O) groups excluding carboxylic acids is 2. The minimum atomic E-state index is -1.25. The summed E-state index contributed by atoms with van der Waals surface area (Å²) < 4.78 is 10.1. The number of ether oxygens (including phenoxy) is 2. The van der Waals surface area contributed by atoms with Crippen LogP contribution in [0.3, 0.4) is 0 Å². The summed E-state index contributed by atoms with van der Waals surface area (Å²) in [5.74, 6) is -1.26. The number of hydrogen-bond donors (Lipinski definition) is 3. The molecule has 10 nitrogen and oxygen atoms in total. The molecule has 1 heterocycles. The highest BCUT2D eigenvalue weighted by atomic mass is 16.6. The van der Waals surface area contributed by atoms with Crippen molar-refractivity contribution in [2.75, 3.05) is 13.7 Å². The second kappa shape index (κ2) is 8.52. The Bertz CT molecular complexity index is 1030. The number of rotatable bonds is 6. The first-order valence-electron chi connectivity index (χ1n) is 8.96. The molecule has 3 rings (SSSR count). The highest BCUT2D eigenvalue weighted by Gasteiger charge is 2.38. The van der Waals surface area contributed by atoms with E-state index in [4.69, 9.17) is 9.47 Å². The van der Waals surface area contributed by atoms with E-state index in [2.05, 4.69) is 10.6 Å². The van der Waals surface area contributed by atoms with Crippen LogP contribution in [-0.2, 0) is 9.53 Å². The van der Waals surface area contributed by atoms with Crippen molar-refractivity contribution in [1.29, 1.82) is 0 Å². The van der Waals surface area contributed by atoms with Crippen LogP contribution in [-0.4, -0.2) is 35.7 Å². The van der Waals surface area contributed by atoms with Gasteiger partial charge in [0, 0.05) is 0 Å². The Hall–Kier alpha value is -4.08. The quantitative estimate of drug-likeness (QED) is 0.376. The Labute approximate surface area is 171 Å². The molecule has 0 saturated carbocycles. The van der Waals surface area contributed by atoms with Crippen LogP contribution in [0.2, 0.25) is 0 Å². The van der Waals surface area contributed by atoms with Gasteiger partial charge in [-0.25, -0.2) is 9.59 Å². The number of esters is 1. The van der Waals surface area contributed by atoms with Gasteiger partial charge < -0.3 is 25.2 Å². The molecule has 10 heteroatoms. The maximum absolute atomic E-state index is 12.8. The van der Waals surface area contributed by atoms with Crippen LogP contribution in [0.5, 0.6) is 11.5 Å². The summed E-state index contributed by atoms with van der Waals surface area (Å²) in [5, 5.41) is 27.0. The van der Waals surface area contributed by atoms with Crippen LogP contribution < -0.4 is 15.4 Å². The molecule has 2 aromatic rings. The van der Waals surface area contributed by atoms with Crippen LogP contribution in [0.1, 0.15) is 24.1 Å². The largest absolute Gasteiger partial charge is 0.504 e. The molecule has 3 N–H and O–H groups in total. The van der Waals surface area contributed by atoms with Crippen LogP contribution in [0, 0.1) is 10.1 Å². The summed E-state index contributed by atoms with van der Waals surface area (Å²) in [5.41, 5.74) is 0.110. The first kappa shape index (κ1) is 20.6. The van der Waals surface area contributed by atoms with E-state index in [1.807, 2.05) is 0 Å². The lowest BCUT2D eigenvalue weighted by atomic mass is 9.91. The first-order chi connectivity index (χ1) is 14.4. The Morgan fingerprint density at radius 2 is 1.97 bits per heavy atom. The normalized spacial score (nSPS) is 15.8. The average Bonchev–Trinajstić information content (AvgIpc) is 2.73. The van der Waals surface area contributed by atoms with Gasteiger partial charge in [-0.15, -0.1) is 0 Å². The molecule has 0 aliphatic carbocycles. The van der Waals surface area contributed by atoms with Gasteiger partial charge in [-0.05, 0) is 18.6 Å². The van der Waals surface area contributed by atoms with Crippen molar-refractivity contribution in [3.05, 3.63) is 69.3 Å². The van der Waals surface area contributed by atoms with E-state index in [1.54, 1.807) is 37.3 Å². The number of methoxy groups -OCH3 is 1. The van der Waals surface area contributed by atoms with E-state index < -0.39 is 28.7 Å². The average molecular weight is 413 g/mol. The van der Waals surface area contributed by atoms with E-state index in [0.29, 0.717) is 5.56 Å². The lowest BCUT2D eigenvalue weighted by Crippen LogP contribution is -2.45. The highest BCUT2D eigenvalue weighted by molar-refractivity contribution is 6.04. The lowest BCUT2D eigenvalue weighted by Gasteiger charge is -2.29. The molecule has 2 aromatic carbocycles. The molecule has 0 radical (unpaired) electrons. The van der Waals surface area contributed by atoms with Crippen LogP contribution >= 0.6 is 0 Å². The Morgan fingerprint density at radius 1 is 1.27 bits per heavy atom. The third-order valence-electron chi connectivity index (χ3n) is 4.47. The number of nitrogens with zero attached hydrogens (tertiary/aromatic N) is 1. The number of phenols is 1. The fraction of sp³-hybridized carbons (Fsp3) is 0.200. The van der Waals surface area contributed by atoms with Gasteiger partial charge in [-0.1, -0.05) is 30.3 Å². The Balaban J connectivity index is 2.29. The number of nitro benzene ring substituents is 1. The molecule has 1 aliphatic heterocycles. The van der Waals surface area contributed by atoms with E-state index in [9.17, 15) is 24.8 Å². The minimum absolute atomic E-state index is 0.0321. The molecule has 1 unspecified atom stereocenters. The summed E-state index contributed by atoms with van der Waals surface area (Å²) in [6, 6.07) is 8.77. The van der Waals surface area contributed by atoms with E-state index >= 15 is 0 Å². The number of benzene rings is 2. The number of urea groups is 1. The van der Waals surface area contributed by atoms with Crippen molar-refractivity contribution in [3.8, 4) is 11.5 Å². The number of amides is 2. The van der Waals surface area contributed by atoms with Crippen molar-refractivity contribution in [2.45, 2.75) is 13.0 Å². The number of phenolic OH excluding ortho intramolecular Hbond substituents is 1. The lowest BCUT2D eigenvalue weighted by molar-refractivity contribution is -0.385. The molecule has 0 spiro atoms. The van der Waals surface area contributed by atoms with Gasteiger partial charge in [0.1, 0.15) is 0 Å². The monoisotopic (exact) mass is 413 g/mol. The van der Waals surface area contributed by atoms with E-state index in [1.165, 1.54) is 7.11 Å². The van der Waals surface area contributed by atoms with Gasteiger partial charge in [0.05, 0.1) is 47.6 Å². The Kier molecular flexibility index (Phi) is 5.86. The third-order valence-corrected chi connectivity index (χ3v) is 4.47. The van der Waals surface area contributed by atoms with Crippen molar-refractivity contribution >= 4 is 23.4 Å². The molecular weight excluding hydrogens is 394 g/mol. The summed E-state index contributed by atoms with van der Waals surface area (Å²) in [6.45, 7) is 1.67. The number of nitrogens with one attached hydrogen (secondary N) is 2. The van der Waals surface area contributed by atoms with Crippen molar-refractivity contribution in [1.82, 2.24) is 10.6 Å². The predicted molar refractivity (Wildman–Crippen MR) is 106 cm³/mol. The van der Waals surface area contributed by atoms with Crippen LogP contribution in [0.4, 0.5) is 10.5 Å². The second-order valence-corrected chi connectivity index (χ2v) is 6.25. The molecule has 156 valence electrons. The molecule has 0 fully saturated rings. The van der Waals surface area contributed by atoms with E-state index in [-0.39, 0.29) is 34.9 Å². The van der Waals surface area contributed by atoms with Gasteiger partial charge in [0.2, 0.25) is 0 Å². The minimum Gasteiger partial charge on any atom is -0.504 e. The van der Waals surface area contributed by atoms with Crippen molar-refractivity contribution in [3.63, 3.8) is 0 Å². The molecule has 0 aromatic heterocycles. The smallest absolute Gasteiger partial charge is 0.338 e. The number of hydrogen-bond acceptors (Lipinski definition) is 7. The summed E-state index contributed by atoms with van der Waals surface area (Å²) in [7, 11) is 1.25. The van der Waals surface area contributed by atoms with Crippen molar-refractivity contribution in [2.24, 2.45) is 0 Å². The number of carbonyl (C=O) groups is 2. The van der Waals surface area contributed by atoms with Gasteiger partial charge in [0.25, 0.3) is 5.69 Å². The zero-order valence-electron chi connectivity index (χ0n) is 16.2. The fourth-order valence-electron chi connectivity index (χ4n) is 3.19. The summed E-state index contributed by atoms with van der Waals surface area (Å²) >= 11 is 0. The van der Waals surface area contributed by atoms with Crippen molar-refractivity contribution < 1.29 is 29.1 Å². The zero-order chi connectivity index (χ0) is 21.8. The summed E-state index contributed by atoms with van der Waals surface area (Å²) in [6.07, 6.45) is 0. The van der Waals surface area contributed by atoms with E-state index in [0.717, 1.165) is 12.1 Å². The second-order valence-electron chi connectivity index (χ2n) is 6.25. The van der Waals surface area contributed by atoms with Crippen LogP contribution in [0.25, 0.3) is 5.70 Å².